The van der Waals surface area contributed by atoms with Crippen molar-refractivity contribution in [3.05, 3.63) is 58.1 Å². The number of ether oxygens (including phenoxy) is 1. The zero-order valence-corrected chi connectivity index (χ0v) is 15.9. The third-order valence-corrected chi connectivity index (χ3v) is 4.99. The first-order valence-electron chi connectivity index (χ1n) is 8.14. The smallest absolute Gasteiger partial charge is 0.254 e. The predicted molar refractivity (Wildman–Crippen MR) is 102 cm³/mol. The first-order valence-corrected chi connectivity index (χ1v) is 8.89. The molecular formula is C19H18Cl2N2O3. The summed E-state index contributed by atoms with van der Waals surface area (Å²) in [7, 11) is 1.57. The van der Waals surface area contributed by atoms with E-state index in [1.807, 2.05) is 0 Å². The lowest BCUT2D eigenvalue weighted by Crippen LogP contribution is -2.57. The van der Waals surface area contributed by atoms with Crippen LogP contribution in [0.3, 0.4) is 0 Å². The van der Waals surface area contributed by atoms with E-state index in [-0.39, 0.29) is 11.8 Å². The molecule has 7 heteroatoms. The van der Waals surface area contributed by atoms with Crippen LogP contribution in [-0.2, 0) is 4.79 Å². The van der Waals surface area contributed by atoms with Crippen molar-refractivity contribution in [2.45, 2.75) is 13.0 Å². The maximum Gasteiger partial charge on any atom is 0.254 e. The van der Waals surface area contributed by atoms with Crippen molar-refractivity contribution in [3.63, 3.8) is 0 Å². The molecule has 0 unspecified atom stereocenters. The average molecular weight is 393 g/mol. The second kappa shape index (κ2) is 7.56. The van der Waals surface area contributed by atoms with Crippen LogP contribution in [0.15, 0.2) is 42.5 Å². The van der Waals surface area contributed by atoms with Gasteiger partial charge in [0, 0.05) is 23.7 Å². The summed E-state index contributed by atoms with van der Waals surface area (Å²) in [5.74, 6) is 0.311. The van der Waals surface area contributed by atoms with Crippen LogP contribution >= 0.6 is 23.2 Å². The molecule has 2 aromatic carbocycles. The lowest BCUT2D eigenvalue weighted by Gasteiger charge is -2.39. The summed E-state index contributed by atoms with van der Waals surface area (Å²) < 4.78 is 5.11. The summed E-state index contributed by atoms with van der Waals surface area (Å²) in [4.78, 5) is 28.8. The van der Waals surface area contributed by atoms with Gasteiger partial charge in [-0.05, 0) is 49.4 Å². The molecule has 1 aliphatic heterocycles. The number of halogens is 2. The molecular weight excluding hydrogens is 375 g/mol. The largest absolute Gasteiger partial charge is 0.497 e. The minimum atomic E-state index is -0.593. The Morgan fingerprint density at radius 3 is 2.42 bits per heavy atom. The van der Waals surface area contributed by atoms with Crippen molar-refractivity contribution < 1.29 is 14.3 Å². The highest BCUT2D eigenvalue weighted by Gasteiger charge is 2.36. The number of benzene rings is 2. The van der Waals surface area contributed by atoms with Crippen LogP contribution in [-0.4, -0.2) is 43.0 Å². The van der Waals surface area contributed by atoms with Crippen LogP contribution in [0.5, 0.6) is 5.75 Å². The van der Waals surface area contributed by atoms with Crippen LogP contribution in [0.2, 0.25) is 10.0 Å². The Kier molecular flexibility index (Phi) is 5.39. The van der Waals surface area contributed by atoms with E-state index in [1.165, 1.54) is 0 Å². The topological polar surface area (TPSA) is 49.9 Å². The van der Waals surface area contributed by atoms with Gasteiger partial charge in [0.05, 0.1) is 17.8 Å². The highest BCUT2D eigenvalue weighted by molar-refractivity contribution is 6.36. The molecule has 0 spiro atoms. The highest BCUT2D eigenvalue weighted by atomic mass is 35.5. The Hall–Kier alpha value is -2.24. The summed E-state index contributed by atoms with van der Waals surface area (Å²) in [5, 5.41) is 0.917. The molecule has 0 bridgehead atoms. The normalized spacial score (nSPS) is 17.4. The van der Waals surface area contributed by atoms with Crippen LogP contribution in [0, 0.1) is 0 Å². The first kappa shape index (κ1) is 18.5. The van der Waals surface area contributed by atoms with Gasteiger partial charge in [-0.2, -0.15) is 0 Å². The van der Waals surface area contributed by atoms with E-state index in [9.17, 15) is 9.59 Å². The Morgan fingerprint density at radius 2 is 1.81 bits per heavy atom. The molecule has 3 rings (SSSR count). The number of anilines is 1. The number of hydrogen-bond acceptors (Lipinski definition) is 3. The molecule has 0 aliphatic carbocycles. The van der Waals surface area contributed by atoms with E-state index < -0.39 is 6.04 Å². The predicted octanol–water partition coefficient (Wildman–Crippen LogP) is 3.88. The Labute approximate surface area is 162 Å². The van der Waals surface area contributed by atoms with E-state index in [1.54, 1.807) is 66.3 Å². The molecule has 5 nitrogen and oxygen atoms in total. The van der Waals surface area contributed by atoms with Gasteiger partial charge in [-0.25, -0.2) is 0 Å². The van der Waals surface area contributed by atoms with E-state index in [0.29, 0.717) is 40.1 Å². The number of carbonyl (C=O) groups is 2. The van der Waals surface area contributed by atoms with E-state index >= 15 is 0 Å². The number of nitrogens with zero attached hydrogens (tertiary/aromatic N) is 2. The molecule has 1 saturated heterocycles. The van der Waals surface area contributed by atoms with Crippen molar-refractivity contribution in [2.24, 2.45) is 0 Å². The molecule has 2 amide bonds. The van der Waals surface area contributed by atoms with Crippen molar-refractivity contribution in [1.29, 1.82) is 0 Å². The minimum absolute atomic E-state index is 0.178. The standard InChI is InChI=1S/C19H18Cl2N2O3/c1-12-18(24)23(17-8-5-14(20)11-16(17)21)10-9-22(12)19(25)13-3-6-15(26-2)7-4-13/h3-8,11-12H,9-10H2,1-2H3/t12-/m0/s1. The van der Waals surface area contributed by atoms with Gasteiger partial charge >= 0.3 is 0 Å². The zero-order valence-electron chi connectivity index (χ0n) is 14.4. The first-order chi connectivity index (χ1) is 12.4. The third-order valence-electron chi connectivity index (χ3n) is 4.45. The number of hydrogen-bond donors (Lipinski definition) is 0. The number of rotatable bonds is 3. The Balaban J connectivity index is 1.79. The second-order valence-corrected chi connectivity index (χ2v) is 6.83. The van der Waals surface area contributed by atoms with Gasteiger partial charge in [0.25, 0.3) is 5.91 Å². The Morgan fingerprint density at radius 1 is 1.12 bits per heavy atom. The zero-order chi connectivity index (χ0) is 18.8. The van der Waals surface area contributed by atoms with Crippen molar-refractivity contribution in [1.82, 2.24) is 4.90 Å². The molecule has 0 N–H and O–H groups in total. The van der Waals surface area contributed by atoms with Gasteiger partial charge in [-0.3, -0.25) is 9.59 Å². The minimum Gasteiger partial charge on any atom is -0.497 e. The molecule has 136 valence electrons. The maximum absolute atomic E-state index is 12.8. The lowest BCUT2D eigenvalue weighted by atomic mass is 10.1. The van der Waals surface area contributed by atoms with Crippen molar-refractivity contribution >= 4 is 40.7 Å². The molecule has 1 heterocycles. The SMILES string of the molecule is COc1ccc(C(=O)N2CCN(c3ccc(Cl)cc3Cl)C(=O)[C@@H]2C)cc1. The van der Waals surface area contributed by atoms with Crippen LogP contribution in [0.1, 0.15) is 17.3 Å². The van der Waals surface area contributed by atoms with Gasteiger partial charge in [-0.1, -0.05) is 23.2 Å². The number of carbonyl (C=O) groups excluding carboxylic acids is 2. The molecule has 26 heavy (non-hydrogen) atoms. The second-order valence-electron chi connectivity index (χ2n) is 5.99. The monoisotopic (exact) mass is 392 g/mol. The quantitative estimate of drug-likeness (QED) is 0.796. The fourth-order valence-corrected chi connectivity index (χ4v) is 3.50. The third kappa shape index (κ3) is 3.50. The average Bonchev–Trinajstić information content (AvgIpc) is 2.64. The van der Waals surface area contributed by atoms with E-state index in [2.05, 4.69) is 0 Å². The molecule has 2 aromatic rings. The molecule has 1 aliphatic rings. The van der Waals surface area contributed by atoms with Gasteiger partial charge in [-0.15, -0.1) is 0 Å². The lowest BCUT2D eigenvalue weighted by molar-refractivity contribution is -0.124. The fourth-order valence-electron chi connectivity index (χ4n) is 2.99. The summed E-state index contributed by atoms with van der Waals surface area (Å²) in [6, 6.07) is 11.3. The number of piperazine rings is 1. The molecule has 0 radical (unpaired) electrons. The summed E-state index contributed by atoms with van der Waals surface area (Å²) >= 11 is 12.2. The highest BCUT2D eigenvalue weighted by Crippen LogP contribution is 2.31. The van der Waals surface area contributed by atoms with Crippen molar-refractivity contribution in [2.75, 3.05) is 25.1 Å². The maximum atomic E-state index is 12.8. The molecule has 1 atom stereocenters. The van der Waals surface area contributed by atoms with E-state index in [0.717, 1.165) is 0 Å². The molecule has 0 saturated carbocycles. The summed E-state index contributed by atoms with van der Waals surface area (Å²) in [6.45, 7) is 2.50. The van der Waals surface area contributed by atoms with Crippen LogP contribution < -0.4 is 9.64 Å². The van der Waals surface area contributed by atoms with Crippen LogP contribution in [0.4, 0.5) is 5.69 Å². The Bertz CT molecular complexity index is 839. The van der Waals surface area contributed by atoms with E-state index in [4.69, 9.17) is 27.9 Å². The van der Waals surface area contributed by atoms with Gasteiger partial charge in [0.1, 0.15) is 11.8 Å². The van der Waals surface area contributed by atoms with Crippen LogP contribution in [0.25, 0.3) is 0 Å². The molecule has 0 aromatic heterocycles. The van der Waals surface area contributed by atoms with Gasteiger partial charge < -0.3 is 14.5 Å². The number of amides is 2. The van der Waals surface area contributed by atoms with Gasteiger partial charge in [0.2, 0.25) is 5.91 Å². The summed E-state index contributed by atoms with van der Waals surface area (Å²) in [5.41, 5.74) is 1.12. The van der Waals surface area contributed by atoms with Crippen molar-refractivity contribution in [3.8, 4) is 5.75 Å². The molecule has 1 fully saturated rings. The summed E-state index contributed by atoms with van der Waals surface area (Å²) in [6.07, 6.45) is 0. The number of methoxy groups -OCH3 is 1. The van der Waals surface area contributed by atoms with Gasteiger partial charge in [0.15, 0.2) is 0 Å². The fraction of sp³-hybridized carbons (Fsp3) is 0.263.